The number of para-hydroxylation sites is 2. The van der Waals surface area contributed by atoms with Crippen molar-refractivity contribution in [1.82, 2.24) is 20.0 Å². The van der Waals surface area contributed by atoms with Crippen LogP contribution >= 0.6 is 0 Å². The van der Waals surface area contributed by atoms with E-state index in [1.54, 1.807) is 21.1 Å². The minimum atomic E-state index is 0.0955. The number of hydrogen-bond acceptors (Lipinski definition) is 8. The molecule has 5 rings (SSSR count). The quantitative estimate of drug-likeness (QED) is 0.447. The molecule has 0 radical (unpaired) electrons. The van der Waals surface area contributed by atoms with Crippen LogP contribution in [0.4, 0.5) is 5.82 Å². The summed E-state index contributed by atoms with van der Waals surface area (Å²) in [5, 5.41) is 5.14. The van der Waals surface area contributed by atoms with Gasteiger partial charge in [0.25, 0.3) is 5.89 Å². The molecular formula is C25H25N5O4. The number of aromatic nitrogens is 3. The van der Waals surface area contributed by atoms with Gasteiger partial charge in [0.15, 0.2) is 11.5 Å². The highest BCUT2D eigenvalue weighted by atomic mass is 16.5. The summed E-state index contributed by atoms with van der Waals surface area (Å²) in [6.45, 7) is 4.35. The van der Waals surface area contributed by atoms with Gasteiger partial charge in [-0.25, -0.2) is 4.98 Å². The molecule has 0 aliphatic carbocycles. The molecule has 0 bridgehead atoms. The summed E-state index contributed by atoms with van der Waals surface area (Å²) in [4.78, 5) is 25.3. The van der Waals surface area contributed by atoms with Gasteiger partial charge in [0.1, 0.15) is 5.82 Å². The van der Waals surface area contributed by atoms with E-state index in [0.717, 1.165) is 22.3 Å². The fraction of sp³-hybridized carbons (Fsp3) is 0.280. The summed E-state index contributed by atoms with van der Waals surface area (Å²) < 4.78 is 16.7. The summed E-state index contributed by atoms with van der Waals surface area (Å²) >= 11 is 0. The van der Waals surface area contributed by atoms with Crippen molar-refractivity contribution in [2.75, 3.05) is 45.3 Å². The molecule has 9 nitrogen and oxygen atoms in total. The predicted octanol–water partition coefficient (Wildman–Crippen LogP) is 3.64. The zero-order valence-corrected chi connectivity index (χ0v) is 19.3. The van der Waals surface area contributed by atoms with Gasteiger partial charge in [-0.3, -0.25) is 4.79 Å². The van der Waals surface area contributed by atoms with Crippen molar-refractivity contribution in [3.05, 3.63) is 48.5 Å². The maximum atomic E-state index is 11.7. The van der Waals surface area contributed by atoms with Crippen molar-refractivity contribution in [3.63, 3.8) is 0 Å². The Morgan fingerprint density at radius 3 is 2.47 bits per heavy atom. The molecule has 1 amide bonds. The number of carbonyl (C=O) groups is 1. The fourth-order valence-corrected chi connectivity index (χ4v) is 4.26. The molecule has 9 heteroatoms. The van der Waals surface area contributed by atoms with Crippen molar-refractivity contribution >= 4 is 22.6 Å². The lowest BCUT2D eigenvalue weighted by Crippen LogP contribution is -2.48. The van der Waals surface area contributed by atoms with Crippen molar-refractivity contribution in [2.45, 2.75) is 6.92 Å². The number of benzene rings is 2. The number of fused-ring (bicyclic) bond motifs is 1. The van der Waals surface area contributed by atoms with Gasteiger partial charge in [-0.1, -0.05) is 29.4 Å². The van der Waals surface area contributed by atoms with E-state index in [0.29, 0.717) is 55.0 Å². The third kappa shape index (κ3) is 3.89. The first-order chi connectivity index (χ1) is 16.6. The number of hydrogen-bond donors (Lipinski definition) is 0. The summed E-state index contributed by atoms with van der Waals surface area (Å²) in [7, 11) is 3.17. The first kappa shape index (κ1) is 21.7. The van der Waals surface area contributed by atoms with E-state index in [2.05, 4.69) is 10.1 Å². The van der Waals surface area contributed by atoms with Crippen LogP contribution in [0.3, 0.4) is 0 Å². The minimum absolute atomic E-state index is 0.0955. The van der Waals surface area contributed by atoms with Crippen LogP contribution in [0, 0.1) is 0 Å². The Hall–Kier alpha value is -4.14. The lowest BCUT2D eigenvalue weighted by molar-refractivity contribution is -0.129. The number of carbonyl (C=O) groups excluding carboxylic acids is 1. The van der Waals surface area contributed by atoms with E-state index < -0.39 is 0 Å². The molecular weight excluding hydrogens is 434 g/mol. The average molecular weight is 460 g/mol. The van der Waals surface area contributed by atoms with E-state index in [1.807, 2.05) is 53.4 Å². The molecule has 4 aromatic rings. The Morgan fingerprint density at radius 2 is 1.74 bits per heavy atom. The number of piperazine rings is 1. The van der Waals surface area contributed by atoms with E-state index in [4.69, 9.17) is 24.0 Å². The molecule has 34 heavy (non-hydrogen) atoms. The highest BCUT2D eigenvalue weighted by molar-refractivity contribution is 5.94. The Labute approximate surface area is 196 Å². The Bertz CT molecular complexity index is 1340. The molecule has 0 atom stereocenters. The number of ether oxygens (including phenoxy) is 2. The molecule has 1 aliphatic heterocycles. The average Bonchev–Trinajstić information content (AvgIpc) is 3.37. The van der Waals surface area contributed by atoms with Crippen molar-refractivity contribution in [2.24, 2.45) is 0 Å². The van der Waals surface area contributed by atoms with Crippen molar-refractivity contribution in [1.29, 1.82) is 0 Å². The second kappa shape index (κ2) is 9.01. The number of rotatable bonds is 5. The molecule has 174 valence electrons. The number of amides is 1. The summed E-state index contributed by atoms with van der Waals surface area (Å²) in [5.41, 5.74) is 2.31. The molecule has 2 aromatic carbocycles. The molecule has 0 unspecified atom stereocenters. The van der Waals surface area contributed by atoms with Gasteiger partial charge in [0.2, 0.25) is 11.7 Å². The van der Waals surface area contributed by atoms with Gasteiger partial charge < -0.3 is 23.8 Å². The van der Waals surface area contributed by atoms with Crippen LogP contribution in [0.2, 0.25) is 0 Å². The van der Waals surface area contributed by atoms with Crippen LogP contribution in [0.15, 0.2) is 53.1 Å². The number of nitrogens with zero attached hydrogens (tertiary/aromatic N) is 5. The van der Waals surface area contributed by atoms with Crippen LogP contribution in [-0.4, -0.2) is 66.3 Å². The Balaban J connectivity index is 1.55. The smallest absolute Gasteiger partial charge is 0.259 e. The normalized spacial score (nSPS) is 13.9. The molecule has 2 aromatic heterocycles. The van der Waals surface area contributed by atoms with E-state index in [9.17, 15) is 4.79 Å². The standard InChI is InChI=1S/C25H25N5O4/c1-16(31)29-11-13-30(14-12-29)22-15-19(17-7-4-5-9-20(17)26-22)25-27-24(28-34-25)18-8-6-10-21(32-2)23(18)33-3/h4-10,15H,11-14H2,1-3H3. The summed E-state index contributed by atoms with van der Waals surface area (Å²) in [6.07, 6.45) is 0. The second-order valence-corrected chi connectivity index (χ2v) is 8.00. The highest BCUT2D eigenvalue weighted by Crippen LogP contribution is 2.38. The Morgan fingerprint density at radius 1 is 0.941 bits per heavy atom. The summed E-state index contributed by atoms with van der Waals surface area (Å²) in [5.74, 6) is 2.84. The Kier molecular flexibility index (Phi) is 5.75. The van der Waals surface area contributed by atoms with Gasteiger partial charge in [-0.2, -0.15) is 4.98 Å². The van der Waals surface area contributed by atoms with Crippen molar-refractivity contribution in [3.8, 4) is 34.3 Å². The largest absolute Gasteiger partial charge is 0.493 e. The highest BCUT2D eigenvalue weighted by Gasteiger charge is 2.23. The van der Waals surface area contributed by atoms with Crippen LogP contribution in [-0.2, 0) is 4.79 Å². The zero-order chi connectivity index (χ0) is 23.7. The fourth-order valence-electron chi connectivity index (χ4n) is 4.26. The van der Waals surface area contributed by atoms with Crippen LogP contribution in [0.1, 0.15) is 6.92 Å². The molecule has 1 saturated heterocycles. The molecule has 0 N–H and O–H groups in total. The van der Waals surface area contributed by atoms with Gasteiger partial charge in [-0.05, 0) is 24.3 Å². The maximum absolute atomic E-state index is 11.7. The van der Waals surface area contributed by atoms with E-state index in [-0.39, 0.29) is 5.91 Å². The maximum Gasteiger partial charge on any atom is 0.259 e. The minimum Gasteiger partial charge on any atom is -0.493 e. The topological polar surface area (TPSA) is 93.8 Å². The molecule has 1 aliphatic rings. The zero-order valence-electron chi connectivity index (χ0n) is 19.3. The third-order valence-electron chi connectivity index (χ3n) is 6.05. The van der Waals surface area contributed by atoms with Crippen LogP contribution < -0.4 is 14.4 Å². The number of methoxy groups -OCH3 is 2. The van der Waals surface area contributed by atoms with E-state index in [1.165, 1.54) is 0 Å². The van der Waals surface area contributed by atoms with Gasteiger partial charge in [0, 0.05) is 38.5 Å². The first-order valence-corrected chi connectivity index (χ1v) is 11.0. The summed E-state index contributed by atoms with van der Waals surface area (Å²) in [6, 6.07) is 15.4. The monoisotopic (exact) mass is 459 g/mol. The predicted molar refractivity (Wildman–Crippen MR) is 128 cm³/mol. The molecule has 3 heterocycles. The first-order valence-electron chi connectivity index (χ1n) is 11.0. The van der Waals surface area contributed by atoms with Gasteiger partial charge in [-0.15, -0.1) is 0 Å². The lowest BCUT2D eigenvalue weighted by atomic mass is 10.1. The van der Waals surface area contributed by atoms with Crippen LogP contribution in [0.5, 0.6) is 11.5 Å². The number of anilines is 1. The third-order valence-corrected chi connectivity index (χ3v) is 6.05. The number of pyridine rings is 1. The van der Waals surface area contributed by atoms with E-state index >= 15 is 0 Å². The van der Waals surface area contributed by atoms with Crippen LogP contribution in [0.25, 0.3) is 33.7 Å². The molecule has 1 fully saturated rings. The SMILES string of the molecule is COc1cccc(-c2noc(-c3cc(N4CCN(C(C)=O)CC4)nc4ccccc34)n2)c1OC. The lowest BCUT2D eigenvalue weighted by Gasteiger charge is -2.35. The van der Waals surface area contributed by atoms with Gasteiger partial charge >= 0.3 is 0 Å². The van der Waals surface area contributed by atoms with Gasteiger partial charge in [0.05, 0.1) is 30.9 Å². The molecule has 0 spiro atoms. The molecule has 0 saturated carbocycles. The second-order valence-electron chi connectivity index (χ2n) is 8.00. The van der Waals surface area contributed by atoms with Crippen molar-refractivity contribution < 1.29 is 18.8 Å².